The van der Waals surface area contributed by atoms with Crippen LogP contribution in [0.1, 0.15) is 43.2 Å². The van der Waals surface area contributed by atoms with Gasteiger partial charge >= 0.3 is 12.0 Å². The highest BCUT2D eigenvalue weighted by molar-refractivity contribution is 5.83. The molecule has 0 radical (unpaired) electrons. The van der Waals surface area contributed by atoms with Crippen LogP contribution >= 0.6 is 0 Å². The molecule has 11 nitrogen and oxygen atoms in total. The van der Waals surface area contributed by atoms with Gasteiger partial charge in [-0.3, -0.25) is 0 Å². The maximum absolute atomic E-state index is 12.3. The second kappa shape index (κ2) is 9.96. The molecule has 1 aromatic carbocycles. The summed E-state index contributed by atoms with van der Waals surface area (Å²) in [6.07, 6.45) is -1.98. The highest BCUT2D eigenvalue weighted by Crippen LogP contribution is 2.18. The van der Waals surface area contributed by atoms with Crippen LogP contribution in [0.2, 0.25) is 0 Å². The average Bonchev–Trinajstić information content (AvgIpc) is 3.15. The van der Waals surface area contributed by atoms with Gasteiger partial charge in [-0.15, -0.1) is 0 Å². The van der Waals surface area contributed by atoms with E-state index >= 15 is 0 Å². The standard InChI is InChI=1S/C18H25N5O6/c1-9(24)13(19)15-22-16(29-23-15)14(10(2)25)21-18(28)20-12(17(26)27)8-11-6-4-3-5-7-11/h3-7,9-10,12-14,24-25H,8,19H2,1-2H3,(H,26,27)(H2,20,21,28)/t9?,10?,12-,13-,14-/m0/s1. The van der Waals surface area contributed by atoms with Crippen LogP contribution in [0.3, 0.4) is 0 Å². The Labute approximate surface area is 166 Å². The number of nitrogens with two attached hydrogens (primary N) is 1. The summed E-state index contributed by atoms with van der Waals surface area (Å²) >= 11 is 0. The topological polar surface area (TPSA) is 184 Å². The van der Waals surface area contributed by atoms with Crippen molar-refractivity contribution in [3.8, 4) is 0 Å². The van der Waals surface area contributed by atoms with Crippen molar-refractivity contribution in [2.75, 3.05) is 0 Å². The number of aliphatic hydroxyl groups is 2. The van der Waals surface area contributed by atoms with Crippen molar-refractivity contribution >= 4 is 12.0 Å². The molecule has 158 valence electrons. The number of aromatic nitrogens is 2. The normalized spacial score (nSPS) is 16.3. The van der Waals surface area contributed by atoms with Gasteiger partial charge in [0.15, 0.2) is 5.82 Å². The number of aliphatic hydroxyl groups excluding tert-OH is 2. The van der Waals surface area contributed by atoms with Crippen LogP contribution < -0.4 is 16.4 Å². The molecule has 5 atom stereocenters. The zero-order valence-electron chi connectivity index (χ0n) is 16.0. The minimum absolute atomic E-state index is 0.00958. The van der Waals surface area contributed by atoms with E-state index in [0.717, 1.165) is 5.56 Å². The number of rotatable bonds is 9. The van der Waals surface area contributed by atoms with Crippen molar-refractivity contribution in [3.63, 3.8) is 0 Å². The van der Waals surface area contributed by atoms with Crippen molar-refractivity contribution in [3.05, 3.63) is 47.6 Å². The first-order valence-corrected chi connectivity index (χ1v) is 8.98. The third-order valence-electron chi connectivity index (χ3n) is 4.20. The summed E-state index contributed by atoms with van der Waals surface area (Å²) in [4.78, 5) is 27.8. The van der Waals surface area contributed by atoms with E-state index in [9.17, 15) is 24.9 Å². The van der Waals surface area contributed by atoms with Crippen LogP contribution in [0.25, 0.3) is 0 Å². The van der Waals surface area contributed by atoms with Crippen LogP contribution in [0.5, 0.6) is 0 Å². The minimum atomic E-state index is -1.21. The van der Waals surface area contributed by atoms with E-state index in [2.05, 4.69) is 20.8 Å². The number of carbonyl (C=O) groups is 2. The Kier molecular flexibility index (Phi) is 7.65. The lowest BCUT2D eigenvalue weighted by Crippen LogP contribution is -2.49. The van der Waals surface area contributed by atoms with Crippen molar-refractivity contribution < 1.29 is 29.4 Å². The molecule has 7 N–H and O–H groups in total. The lowest BCUT2D eigenvalue weighted by Gasteiger charge is -2.20. The molecule has 2 rings (SSSR count). The zero-order valence-corrected chi connectivity index (χ0v) is 16.0. The lowest BCUT2D eigenvalue weighted by molar-refractivity contribution is -0.139. The summed E-state index contributed by atoms with van der Waals surface area (Å²) in [7, 11) is 0. The summed E-state index contributed by atoms with van der Waals surface area (Å²) < 4.78 is 5.04. The largest absolute Gasteiger partial charge is 0.480 e. The third kappa shape index (κ3) is 6.24. The van der Waals surface area contributed by atoms with E-state index in [1.165, 1.54) is 13.8 Å². The molecule has 0 spiro atoms. The smallest absolute Gasteiger partial charge is 0.326 e. The van der Waals surface area contributed by atoms with E-state index in [0.29, 0.717) is 0 Å². The van der Waals surface area contributed by atoms with E-state index in [1.807, 2.05) is 0 Å². The first-order chi connectivity index (χ1) is 13.7. The molecule has 2 unspecified atom stereocenters. The molecule has 0 saturated heterocycles. The molecule has 2 aromatic rings. The molecule has 0 fully saturated rings. The van der Waals surface area contributed by atoms with E-state index < -0.39 is 42.3 Å². The molecular formula is C18H25N5O6. The molecule has 11 heteroatoms. The van der Waals surface area contributed by atoms with Crippen LogP contribution in [-0.2, 0) is 11.2 Å². The SMILES string of the molecule is CC(O)[C@H](N)c1noc([C@@H](NC(=O)N[C@@H](Cc2ccccc2)C(=O)O)C(C)O)n1. The predicted octanol–water partition coefficient (Wildman–Crippen LogP) is -0.133. The van der Waals surface area contributed by atoms with Crippen molar-refractivity contribution in [2.24, 2.45) is 5.73 Å². The molecule has 29 heavy (non-hydrogen) atoms. The van der Waals surface area contributed by atoms with Gasteiger partial charge in [-0.05, 0) is 19.4 Å². The molecule has 0 aliphatic rings. The predicted molar refractivity (Wildman–Crippen MR) is 101 cm³/mol. The van der Waals surface area contributed by atoms with Crippen LogP contribution in [0.15, 0.2) is 34.9 Å². The van der Waals surface area contributed by atoms with Gasteiger partial charge < -0.3 is 36.2 Å². The highest BCUT2D eigenvalue weighted by atomic mass is 16.5. The number of carboxylic acid groups (broad SMARTS) is 1. The quantitative estimate of drug-likeness (QED) is 0.329. The Hall–Kier alpha value is -3.02. The number of nitrogens with zero attached hydrogens (tertiary/aromatic N) is 2. The maximum Gasteiger partial charge on any atom is 0.326 e. The number of amides is 2. The Morgan fingerprint density at radius 1 is 1.14 bits per heavy atom. The first-order valence-electron chi connectivity index (χ1n) is 8.98. The first kappa shape index (κ1) is 22.3. The molecule has 1 heterocycles. The number of hydrogen-bond donors (Lipinski definition) is 6. The minimum Gasteiger partial charge on any atom is -0.480 e. The van der Waals surface area contributed by atoms with Crippen molar-refractivity contribution in [1.82, 2.24) is 20.8 Å². The summed E-state index contributed by atoms with van der Waals surface area (Å²) in [6, 6.07) is 4.80. The van der Waals surface area contributed by atoms with Gasteiger partial charge in [0, 0.05) is 6.42 Å². The number of aliphatic carboxylic acids is 1. The fraction of sp³-hybridized carbons (Fsp3) is 0.444. The fourth-order valence-electron chi connectivity index (χ4n) is 2.50. The van der Waals surface area contributed by atoms with E-state index in [4.69, 9.17) is 10.3 Å². The number of hydrogen-bond acceptors (Lipinski definition) is 8. The molecule has 0 aliphatic heterocycles. The summed E-state index contributed by atoms with van der Waals surface area (Å²) in [6.45, 7) is 2.85. The fourth-order valence-corrected chi connectivity index (χ4v) is 2.50. The van der Waals surface area contributed by atoms with Crippen LogP contribution in [0.4, 0.5) is 4.79 Å². The van der Waals surface area contributed by atoms with Gasteiger partial charge in [0.25, 0.3) is 5.89 Å². The molecule has 0 bridgehead atoms. The Bertz CT molecular complexity index is 810. The molecule has 1 aromatic heterocycles. The number of carbonyl (C=O) groups excluding carboxylic acids is 1. The number of urea groups is 1. The second-order valence-corrected chi connectivity index (χ2v) is 6.67. The van der Waals surface area contributed by atoms with Gasteiger partial charge in [0.05, 0.1) is 18.2 Å². The summed E-state index contributed by atoms with van der Waals surface area (Å²) in [5.74, 6) is -1.33. The molecule has 0 saturated carbocycles. The lowest BCUT2D eigenvalue weighted by atomic mass is 10.1. The summed E-state index contributed by atoms with van der Waals surface area (Å²) in [5, 5.41) is 37.3. The Morgan fingerprint density at radius 2 is 1.79 bits per heavy atom. The highest BCUT2D eigenvalue weighted by Gasteiger charge is 2.29. The Balaban J connectivity index is 2.07. The molecular weight excluding hydrogens is 382 g/mol. The van der Waals surface area contributed by atoms with E-state index in [-0.39, 0.29) is 18.1 Å². The van der Waals surface area contributed by atoms with Crippen molar-refractivity contribution in [1.29, 1.82) is 0 Å². The number of benzene rings is 1. The second-order valence-electron chi connectivity index (χ2n) is 6.67. The van der Waals surface area contributed by atoms with Gasteiger partial charge in [-0.1, -0.05) is 35.5 Å². The van der Waals surface area contributed by atoms with E-state index in [1.54, 1.807) is 30.3 Å². The van der Waals surface area contributed by atoms with Gasteiger partial charge in [0.2, 0.25) is 0 Å². The van der Waals surface area contributed by atoms with Gasteiger partial charge in [-0.25, -0.2) is 9.59 Å². The van der Waals surface area contributed by atoms with Gasteiger partial charge in [0.1, 0.15) is 12.1 Å². The molecule has 0 aliphatic carbocycles. The average molecular weight is 407 g/mol. The molecule has 2 amide bonds. The Morgan fingerprint density at radius 3 is 2.34 bits per heavy atom. The number of nitrogens with one attached hydrogen (secondary N) is 2. The van der Waals surface area contributed by atoms with Gasteiger partial charge in [-0.2, -0.15) is 4.98 Å². The maximum atomic E-state index is 12.3. The van der Waals surface area contributed by atoms with Crippen LogP contribution in [-0.4, -0.2) is 55.7 Å². The number of carboxylic acids is 1. The monoisotopic (exact) mass is 407 g/mol. The van der Waals surface area contributed by atoms with Crippen molar-refractivity contribution in [2.45, 2.75) is 50.6 Å². The zero-order chi connectivity index (χ0) is 21.6. The third-order valence-corrected chi connectivity index (χ3v) is 4.20. The summed E-state index contributed by atoms with van der Waals surface area (Å²) in [5.41, 5.74) is 6.48. The van der Waals surface area contributed by atoms with Crippen LogP contribution in [0, 0.1) is 0 Å².